The minimum Gasteiger partial charge on any atom is -0.291 e. The van der Waals surface area contributed by atoms with Crippen LogP contribution in [0.25, 0.3) is 0 Å². The molecule has 2 nitrogen and oxygen atoms in total. The van der Waals surface area contributed by atoms with Crippen molar-refractivity contribution in [1.82, 2.24) is 0 Å². The van der Waals surface area contributed by atoms with Gasteiger partial charge in [0.2, 0.25) is 11.6 Å². The molecule has 72 valence electrons. The fourth-order valence-corrected chi connectivity index (χ4v) is 3.90. The van der Waals surface area contributed by atoms with Crippen LogP contribution in [0.4, 0.5) is 0 Å². The summed E-state index contributed by atoms with van der Waals surface area (Å²) in [4.78, 5) is 23.3. The minimum absolute atomic E-state index is 0.0237. The van der Waals surface area contributed by atoms with E-state index in [1.54, 1.807) is 0 Å². The van der Waals surface area contributed by atoms with Crippen LogP contribution in [0.15, 0.2) is 0 Å². The standard InChI is InChI=1S/C10H13BrO2/c1-9-4-3-6(7(12)8(9)13)10(9,2)5-11/h6H,3-5H2,1-2H3/t6-,9+,10+/m0/s1. The molecule has 0 saturated heterocycles. The van der Waals surface area contributed by atoms with Gasteiger partial charge in [0.15, 0.2) is 0 Å². The van der Waals surface area contributed by atoms with Gasteiger partial charge in [-0.15, -0.1) is 0 Å². The van der Waals surface area contributed by atoms with Gasteiger partial charge in [-0.25, -0.2) is 0 Å². The van der Waals surface area contributed by atoms with Crippen molar-refractivity contribution >= 4 is 27.5 Å². The van der Waals surface area contributed by atoms with Crippen LogP contribution in [0.1, 0.15) is 26.7 Å². The predicted octanol–water partition coefficient (Wildman–Crippen LogP) is 1.96. The van der Waals surface area contributed by atoms with Crippen molar-refractivity contribution in [2.24, 2.45) is 16.7 Å². The Balaban J connectivity index is 2.55. The third kappa shape index (κ3) is 0.797. The smallest absolute Gasteiger partial charge is 0.205 e. The zero-order valence-electron chi connectivity index (χ0n) is 7.89. The molecular formula is C10H13BrO2. The molecule has 0 unspecified atom stereocenters. The number of Topliss-reactive ketones (excluding diaryl/α,β-unsaturated/α-hetero) is 2. The average Bonchev–Trinajstić information content (AvgIpc) is 2.44. The maximum Gasteiger partial charge on any atom is 0.205 e. The maximum atomic E-state index is 11.7. The van der Waals surface area contributed by atoms with Gasteiger partial charge < -0.3 is 0 Å². The van der Waals surface area contributed by atoms with Gasteiger partial charge >= 0.3 is 0 Å². The van der Waals surface area contributed by atoms with Crippen LogP contribution < -0.4 is 0 Å². The van der Waals surface area contributed by atoms with Gasteiger partial charge in [-0.05, 0) is 12.8 Å². The molecule has 0 amide bonds. The molecule has 2 saturated carbocycles. The highest BCUT2D eigenvalue weighted by atomic mass is 79.9. The van der Waals surface area contributed by atoms with Gasteiger partial charge in [0, 0.05) is 22.1 Å². The number of carbonyl (C=O) groups is 2. The van der Waals surface area contributed by atoms with E-state index in [-0.39, 0.29) is 22.9 Å². The van der Waals surface area contributed by atoms with E-state index in [9.17, 15) is 9.59 Å². The second-order valence-electron chi connectivity index (χ2n) is 4.67. The highest BCUT2D eigenvalue weighted by molar-refractivity contribution is 9.09. The molecule has 2 rings (SSSR count). The van der Waals surface area contributed by atoms with Crippen molar-refractivity contribution < 1.29 is 9.59 Å². The summed E-state index contributed by atoms with van der Waals surface area (Å²) in [5.74, 6) is -0.286. The molecule has 0 spiro atoms. The molecular weight excluding hydrogens is 232 g/mol. The van der Waals surface area contributed by atoms with E-state index in [0.717, 1.165) is 18.2 Å². The second-order valence-corrected chi connectivity index (χ2v) is 5.23. The summed E-state index contributed by atoms with van der Waals surface area (Å²) in [6.07, 6.45) is 1.77. The Bertz CT molecular complexity index is 299. The number of halogens is 1. The first kappa shape index (κ1) is 9.38. The summed E-state index contributed by atoms with van der Waals surface area (Å²) in [5.41, 5.74) is -0.528. The highest BCUT2D eigenvalue weighted by Crippen LogP contribution is 2.62. The lowest BCUT2D eigenvalue weighted by Crippen LogP contribution is -2.36. The molecule has 0 aromatic rings. The van der Waals surface area contributed by atoms with Crippen molar-refractivity contribution in [3.63, 3.8) is 0 Å². The number of ketones is 2. The molecule has 2 aliphatic rings. The van der Waals surface area contributed by atoms with E-state index in [0.29, 0.717) is 0 Å². The van der Waals surface area contributed by atoms with E-state index < -0.39 is 5.41 Å². The molecule has 3 heteroatoms. The normalized spacial score (nSPS) is 49.0. The molecule has 0 aliphatic heterocycles. The molecule has 0 aromatic carbocycles. The van der Waals surface area contributed by atoms with E-state index >= 15 is 0 Å². The Morgan fingerprint density at radius 1 is 1.46 bits per heavy atom. The van der Waals surface area contributed by atoms with Gasteiger partial charge in [0.25, 0.3) is 0 Å². The molecule has 0 heterocycles. The molecule has 0 radical (unpaired) electrons. The highest BCUT2D eigenvalue weighted by Gasteiger charge is 2.67. The van der Waals surface area contributed by atoms with E-state index in [2.05, 4.69) is 22.9 Å². The van der Waals surface area contributed by atoms with Gasteiger partial charge in [-0.1, -0.05) is 29.8 Å². The number of hydrogen-bond donors (Lipinski definition) is 0. The Morgan fingerprint density at radius 2 is 2.08 bits per heavy atom. The zero-order chi connectivity index (χ0) is 9.85. The quantitative estimate of drug-likeness (QED) is 0.522. The van der Waals surface area contributed by atoms with Crippen molar-refractivity contribution in [3.05, 3.63) is 0 Å². The van der Waals surface area contributed by atoms with Crippen LogP contribution in [0, 0.1) is 16.7 Å². The second kappa shape index (κ2) is 2.44. The zero-order valence-corrected chi connectivity index (χ0v) is 9.48. The molecule has 0 N–H and O–H groups in total. The Kier molecular flexibility index (Phi) is 1.76. The van der Waals surface area contributed by atoms with Gasteiger partial charge in [0.05, 0.1) is 0 Å². The summed E-state index contributed by atoms with van der Waals surface area (Å²) in [6.45, 7) is 4.00. The first-order chi connectivity index (χ1) is 5.97. The monoisotopic (exact) mass is 244 g/mol. The van der Waals surface area contributed by atoms with Crippen LogP contribution in [0.3, 0.4) is 0 Å². The summed E-state index contributed by atoms with van der Waals surface area (Å²) in [6, 6.07) is 0. The first-order valence-electron chi connectivity index (χ1n) is 4.62. The predicted molar refractivity (Wildman–Crippen MR) is 52.7 cm³/mol. The van der Waals surface area contributed by atoms with E-state index in [4.69, 9.17) is 0 Å². The largest absolute Gasteiger partial charge is 0.291 e. The van der Waals surface area contributed by atoms with Crippen LogP contribution in [0.5, 0.6) is 0 Å². The third-order valence-electron chi connectivity index (χ3n) is 4.28. The summed E-state index contributed by atoms with van der Waals surface area (Å²) in [7, 11) is 0. The maximum absolute atomic E-state index is 11.7. The average molecular weight is 245 g/mol. The van der Waals surface area contributed by atoms with Crippen molar-refractivity contribution in [3.8, 4) is 0 Å². The number of rotatable bonds is 1. The number of carbonyl (C=O) groups excluding carboxylic acids is 2. The van der Waals surface area contributed by atoms with E-state index in [1.807, 2.05) is 6.92 Å². The van der Waals surface area contributed by atoms with Gasteiger partial charge in [-0.3, -0.25) is 9.59 Å². The van der Waals surface area contributed by atoms with Crippen molar-refractivity contribution in [1.29, 1.82) is 0 Å². The number of hydrogen-bond acceptors (Lipinski definition) is 2. The molecule has 3 atom stereocenters. The third-order valence-corrected chi connectivity index (χ3v) is 5.45. The van der Waals surface area contributed by atoms with Gasteiger partial charge in [0.1, 0.15) is 0 Å². The van der Waals surface area contributed by atoms with E-state index in [1.165, 1.54) is 0 Å². The van der Waals surface area contributed by atoms with Crippen LogP contribution in [-0.4, -0.2) is 16.9 Å². The van der Waals surface area contributed by atoms with Gasteiger partial charge in [-0.2, -0.15) is 0 Å². The summed E-state index contributed by atoms with van der Waals surface area (Å²) < 4.78 is 0. The summed E-state index contributed by atoms with van der Waals surface area (Å²) >= 11 is 3.44. The lowest BCUT2D eigenvalue weighted by Gasteiger charge is -2.33. The van der Waals surface area contributed by atoms with Crippen LogP contribution >= 0.6 is 15.9 Å². The first-order valence-corrected chi connectivity index (χ1v) is 5.74. The lowest BCUT2D eigenvalue weighted by molar-refractivity contribution is -0.141. The number of alkyl halides is 1. The Morgan fingerprint density at radius 3 is 2.38 bits per heavy atom. The fraction of sp³-hybridized carbons (Fsp3) is 0.800. The lowest BCUT2D eigenvalue weighted by atomic mass is 9.70. The molecule has 2 bridgehead atoms. The SMILES string of the molecule is C[C@@]12CC[C@@H](C(=O)C1=O)[C@@]2(C)CBr. The molecule has 13 heavy (non-hydrogen) atoms. The Labute approximate surface area is 86.2 Å². The summed E-state index contributed by atoms with van der Waals surface area (Å²) in [5, 5.41) is 0.749. The number of fused-ring (bicyclic) bond motifs is 2. The van der Waals surface area contributed by atoms with Crippen LogP contribution in [-0.2, 0) is 9.59 Å². The van der Waals surface area contributed by atoms with Crippen LogP contribution in [0.2, 0.25) is 0 Å². The molecule has 0 aromatic heterocycles. The Hall–Kier alpha value is -0.180. The molecule has 2 fully saturated rings. The van der Waals surface area contributed by atoms with Crippen molar-refractivity contribution in [2.75, 3.05) is 5.33 Å². The van der Waals surface area contributed by atoms with Crippen molar-refractivity contribution in [2.45, 2.75) is 26.7 Å². The molecule has 2 aliphatic carbocycles. The minimum atomic E-state index is -0.391. The topological polar surface area (TPSA) is 34.1 Å². The fourth-order valence-electron chi connectivity index (χ4n) is 2.89.